The molecular formula is C15H7Cl2FN4OS. The van der Waals surface area contributed by atoms with Crippen molar-refractivity contribution in [3.8, 4) is 11.5 Å². The van der Waals surface area contributed by atoms with Crippen LogP contribution in [0.3, 0.4) is 0 Å². The quantitative estimate of drug-likeness (QED) is 0.505. The lowest BCUT2D eigenvalue weighted by Crippen LogP contribution is -1.89. The molecule has 0 aliphatic rings. The Morgan fingerprint density at radius 3 is 2.75 bits per heavy atom. The predicted octanol–water partition coefficient (Wildman–Crippen LogP) is 5.54. The minimum absolute atomic E-state index is 0.149. The fourth-order valence-corrected chi connectivity index (χ4v) is 3.25. The maximum atomic E-state index is 13.7. The number of para-hydroxylation sites is 1. The van der Waals surface area contributed by atoms with Crippen LogP contribution in [-0.4, -0.2) is 15.2 Å². The molecule has 5 nitrogen and oxygen atoms in total. The summed E-state index contributed by atoms with van der Waals surface area (Å²) in [7, 11) is 0. The van der Waals surface area contributed by atoms with Crippen LogP contribution in [0.1, 0.15) is 0 Å². The van der Waals surface area contributed by atoms with Crippen molar-refractivity contribution in [2.75, 3.05) is 5.32 Å². The van der Waals surface area contributed by atoms with Gasteiger partial charge in [-0.2, -0.15) is 0 Å². The van der Waals surface area contributed by atoms with Gasteiger partial charge in [-0.3, -0.25) is 5.32 Å². The van der Waals surface area contributed by atoms with Gasteiger partial charge < -0.3 is 4.42 Å². The van der Waals surface area contributed by atoms with Crippen molar-refractivity contribution in [1.82, 2.24) is 15.2 Å². The Hall–Kier alpha value is -2.22. The highest BCUT2D eigenvalue weighted by Gasteiger charge is 2.13. The number of nitrogens with zero attached hydrogens (tertiary/aromatic N) is 3. The van der Waals surface area contributed by atoms with Gasteiger partial charge in [-0.1, -0.05) is 45.7 Å². The van der Waals surface area contributed by atoms with Crippen molar-refractivity contribution < 1.29 is 8.81 Å². The van der Waals surface area contributed by atoms with Gasteiger partial charge in [0, 0.05) is 5.56 Å². The van der Waals surface area contributed by atoms with Crippen LogP contribution < -0.4 is 5.32 Å². The van der Waals surface area contributed by atoms with Gasteiger partial charge in [0.25, 0.3) is 0 Å². The van der Waals surface area contributed by atoms with E-state index < -0.39 is 0 Å². The van der Waals surface area contributed by atoms with E-state index in [1.807, 2.05) is 0 Å². The van der Waals surface area contributed by atoms with E-state index in [4.69, 9.17) is 27.6 Å². The molecule has 0 fully saturated rings. The van der Waals surface area contributed by atoms with Gasteiger partial charge >= 0.3 is 6.01 Å². The van der Waals surface area contributed by atoms with E-state index in [9.17, 15) is 4.39 Å². The third-order valence-corrected chi connectivity index (χ3v) is 4.85. The Kier molecular flexibility index (Phi) is 3.84. The zero-order valence-corrected chi connectivity index (χ0v) is 14.1. The van der Waals surface area contributed by atoms with E-state index in [0.29, 0.717) is 26.3 Å². The van der Waals surface area contributed by atoms with Gasteiger partial charge in [-0.15, -0.1) is 5.10 Å². The molecule has 0 unspecified atom stereocenters. The van der Waals surface area contributed by atoms with E-state index >= 15 is 0 Å². The van der Waals surface area contributed by atoms with Crippen LogP contribution >= 0.6 is 34.5 Å². The van der Waals surface area contributed by atoms with Crippen molar-refractivity contribution >= 4 is 55.9 Å². The van der Waals surface area contributed by atoms with Gasteiger partial charge in [0.1, 0.15) is 11.3 Å². The normalized spacial score (nSPS) is 11.1. The first-order valence-corrected chi connectivity index (χ1v) is 8.28. The first-order valence-electron chi connectivity index (χ1n) is 6.71. The molecule has 0 amide bonds. The molecule has 0 spiro atoms. The average Bonchev–Trinajstić information content (AvgIpc) is 3.18. The Labute approximate surface area is 149 Å². The standard InChI is InChI=1S/C15H7Cl2FN4OS/c16-8-5-4-7(6-9(8)17)13-21-22-14(23-13)20-15-19-12-10(18)2-1-3-11(12)24-15/h1-6H,(H,19,20,22). The van der Waals surface area contributed by atoms with Crippen LogP contribution in [0.2, 0.25) is 10.0 Å². The van der Waals surface area contributed by atoms with Gasteiger partial charge in [-0.25, -0.2) is 9.37 Å². The number of hydrogen-bond donors (Lipinski definition) is 1. The van der Waals surface area contributed by atoms with Gasteiger partial charge in [-0.05, 0) is 30.3 Å². The minimum Gasteiger partial charge on any atom is -0.403 e. The Bertz CT molecular complexity index is 1050. The number of hydrogen-bond acceptors (Lipinski definition) is 6. The molecule has 4 aromatic rings. The Morgan fingerprint density at radius 1 is 1.08 bits per heavy atom. The molecule has 0 saturated carbocycles. The van der Waals surface area contributed by atoms with Crippen LogP contribution in [0.25, 0.3) is 21.7 Å². The number of anilines is 2. The molecule has 2 aromatic carbocycles. The predicted molar refractivity (Wildman–Crippen MR) is 92.6 cm³/mol. The van der Waals surface area contributed by atoms with E-state index in [1.165, 1.54) is 17.4 Å². The third-order valence-electron chi connectivity index (χ3n) is 3.18. The highest BCUT2D eigenvalue weighted by atomic mass is 35.5. The van der Waals surface area contributed by atoms with Crippen LogP contribution in [0.4, 0.5) is 15.5 Å². The second-order valence-corrected chi connectivity index (χ2v) is 6.62. The third kappa shape index (κ3) is 2.82. The highest BCUT2D eigenvalue weighted by Crippen LogP contribution is 2.31. The lowest BCUT2D eigenvalue weighted by molar-refractivity contribution is 0.587. The van der Waals surface area contributed by atoms with Crippen LogP contribution in [-0.2, 0) is 0 Å². The molecule has 2 aromatic heterocycles. The van der Waals surface area contributed by atoms with Gasteiger partial charge in [0.2, 0.25) is 5.89 Å². The van der Waals surface area contributed by atoms with Crippen molar-refractivity contribution in [2.24, 2.45) is 0 Å². The van der Waals surface area contributed by atoms with Crippen molar-refractivity contribution in [2.45, 2.75) is 0 Å². The molecule has 0 bridgehead atoms. The first-order chi connectivity index (χ1) is 11.6. The summed E-state index contributed by atoms with van der Waals surface area (Å²) in [5, 5.41) is 12.0. The van der Waals surface area contributed by atoms with Gasteiger partial charge in [0.15, 0.2) is 5.13 Å². The Balaban J connectivity index is 1.62. The number of benzene rings is 2. The number of nitrogens with one attached hydrogen (secondary N) is 1. The maximum Gasteiger partial charge on any atom is 0.322 e. The molecule has 1 N–H and O–H groups in total. The van der Waals surface area contributed by atoms with Crippen LogP contribution in [0.5, 0.6) is 0 Å². The van der Waals surface area contributed by atoms with E-state index in [0.717, 1.165) is 4.70 Å². The zero-order chi connectivity index (χ0) is 16.7. The summed E-state index contributed by atoms with van der Waals surface area (Å²) in [4.78, 5) is 4.18. The summed E-state index contributed by atoms with van der Waals surface area (Å²) in [6, 6.07) is 9.93. The summed E-state index contributed by atoms with van der Waals surface area (Å²) < 4.78 is 19.9. The number of thiazole rings is 1. The van der Waals surface area contributed by atoms with E-state index in [-0.39, 0.29) is 17.7 Å². The molecule has 2 heterocycles. The van der Waals surface area contributed by atoms with E-state index in [2.05, 4.69) is 20.5 Å². The lowest BCUT2D eigenvalue weighted by Gasteiger charge is -1.98. The van der Waals surface area contributed by atoms with Crippen molar-refractivity contribution in [1.29, 1.82) is 0 Å². The largest absolute Gasteiger partial charge is 0.403 e. The number of halogens is 3. The lowest BCUT2D eigenvalue weighted by atomic mass is 10.2. The summed E-state index contributed by atoms with van der Waals surface area (Å²) in [6.07, 6.45) is 0. The summed E-state index contributed by atoms with van der Waals surface area (Å²) >= 11 is 13.1. The molecule has 0 radical (unpaired) electrons. The Morgan fingerprint density at radius 2 is 1.96 bits per heavy atom. The molecule has 0 atom stereocenters. The SMILES string of the molecule is Fc1cccc2sc(Nc3nnc(-c4ccc(Cl)c(Cl)c4)o3)nc12. The first kappa shape index (κ1) is 15.3. The number of rotatable bonds is 3. The van der Waals surface area contributed by atoms with E-state index in [1.54, 1.807) is 30.3 Å². The fraction of sp³-hybridized carbons (Fsp3) is 0. The summed E-state index contributed by atoms with van der Waals surface area (Å²) in [5.41, 5.74) is 0.939. The molecule has 0 saturated heterocycles. The second-order valence-electron chi connectivity index (χ2n) is 4.77. The topological polar surface area (TPSA) is 63.8 Å². The van der Waals surface area contributed by atoms with Gasteiger partial charge in [0.05, 0.1) is 14.7 Å². The smallest absolute Gasteiger partial charge is 0.322 e. The molecule has 0 aliphatic heterocycles. The minimum atomic E-state index is -0.376. The summed E-state index contributed by atoms with van der Waals surface area (Å²) in [6.45, 7) is 0. The molecule has 0 aliphatic carbocycles. The van der Waals surface area contributed by atoms with Crippen LogP contribution in [0.15, 0.2) is 40.8 Å². The molecule has 4 rings (SSSR count). The fourth-order valence-electron chi connectivity index (χ4n) is 2.08. The molecular weight excluding hydrogens is 374 g/mol. The molecule has 24 heavy (non-hydrogen) atoms. The van der Waals surface area contributed by atoms with Crippen LogP contribution in [0, 0.1) is 5.82 Å². The van der Waals surface area contributed by atoms with Crippen molar-refractivity contribution in [3.63, 3.8) is 0 Å². The zero-order valence-electron chi connectivity index (χ0n) is 11.8. The summed E-state index contributed by atoms with van der Waals surface area (Å²) in [5.74, 6) is -0.0952. The maximum absolute atomic E-state index is 13.7. The number of fused-ring (bicyclic) bond motifs is 1. The molecule has 9 heteroatoms. The molecule has 120 valence electrons. The number of aromatic nitrogens is 3. The second kappa shape index (κ2) is 6.01. The monoisotopic (exact) mass is 380 g/mol. The average molecular weight is 381 g/mol. The highest BCUT2D eigenvalue weighted by molar-refractivity contribution is 7.22. The van der Waals surface area contributed by atoms with Crippen molar-refractivity contribution in [3.05, 3.63) is 52.3 Å².